The fourth-order valence-corrected chi connectivity index (χ4v) is 3.51. The number of sulfonamides is 1. The summed E-state index contributed by atoms with van der Waals surface area (Å²) < 4.78 is 32.5. The van der Waals surface area contributed by atoms with Crippen molar-refractivity contribution < 1.29 is 13.2 Å². The first kappa shape index (κ1) is 18.1. The summed E-state index contributed by atoms with van der Waals surface area (Å²) in [5.74, 6) is 0. The van der Waals surface area contributed by atoms with Crippen LogP contribution in [0.3, 0.4) is 0 Å². The smallest absolute Gasteiger partial charge is 0.241 e. The molecular formula is C15H26N2O3S. The van der Waals surface area contributed by atoms with Crippen LogP contribution in [0.1, 0.15) is 32.8 Å². The van der Waals surface area contributed by atoms with Crippen LogP contribution in [0.4, 0.5) is 0 Å². The summed E-state index contributed by atoms with van der Waals surface area (Å²) in [6, 6.07) is 6.99. The predicted molar refractivity (Wildman–Crippen MR) is 84.7 cm³/mol. The summed E-state index contributed by atoms with van der Waals surface area (Å²) in [5.41, 5.74) is 0.306. The second kappa shape index (κ2) is 7.89. The highest BCUT2D eigenvalue weighted by Crippen LogP contribution is 2.15. The lowest BCUT2D eigenvalue weighted by Gasteiger charge is -2.25. The molecule has 2 N–H and O–H groups in total. The van der Waals surface area contributed by atoms with Crippen LogP contribution < -0.4 is 10.0 Å². The first-order valence-electron chi connectivity index (χ1n) is 7.13. The minimum absolute atomic E-state index is 0.280. The maximum absolute atomic E-state index is 12.4. The number of rotatable bonds is 9. The third-order valence-electron chi connectivity index (χ3n) is 2.88. The van der Waals surface area contributed by atoms with Gasteiger partial charge in [-0.3, -0.25) is 0 Å². The Morgan fingerprint density at radius 2 is 2.00 bits per heavy atom. The van der Waals surface area contributed by atoms with Crippen molar-refractivity contribution >= 4 is 10.0 Å². The first-order valence-corrected chi connectivity index (χ1v) is 8.61. The number of hydrogen-bond acceptors (Lipinski definition) is 4. The van der Waals surface area contributed by atoms with Crippen LogP contribution in [0.25, 0.3) is 0 Å². The topological polar surface area (TPSA) is 67.4 Å². The molecule has 0 bridgehead atoms. The van der Waals surface area contributed by atoms with Gasteiger partial charge >= 0.3 is 0 Å². The van der Waals surface area contributed by atoms with E-state index in [1.165, 1.54) is 0 Å². The molecule has 6 heteroatoms. The molecule has 0 aliphatic rings. The molecule has 21 heavy (non-hydrogen) atoms. The van der Waals surface area contributed by atoms with Crippen LogP contribution >= 0.6 is 0 Å². The zero-order valence-electron chi connectivity index (χ0n) is 13.3. The van der Waals surface area contributed by atoms with E-state index in [9.17, 15) is 8.42 Å². The lowest BCUT2D eigenvalue weighted by Crippen LogP contribution is -2.46. The highest BCUT2D eigenvalue weighted by atomic mass is 32.2. The zero-order valence-corrected chi connectivity index (χ0v) is 14.1. The molecule has 120 valence electrons. The number of nitrogens with one attached hydrogen (secondary N) is 2. The van der Waals surface area contributed by atoms with E-state index in [0.717, 1.165) is 18.5 Å². The Labute approximate surface area is 128 Å². The summed E-state index contributed by atoms with van der Waals surface area (Å²) in [4.78, 5) is 0.280. The third kappa shape index (κ3) is 6.13. The van der Waals surface area contributed by atoms with Crippen molar-refractivity contribution in [3.63, 3.8) is 0 Å². The second-order valence-electron chi connectivity index (χ2n) is 5.75. The van der Waals surface area contributed by atoms with Crippen molar-refractivity contribution in [3.8, 4) is 0 Å². The number of methoxy groups -OCH3 is 1. The second-order valence-corrected chi connectivity index (χ2v) is 7.43. The Morgan fingerprint density at radius 1 is 1.29 bits per heavy atom. The van der Waals surface area contributed by atoms with Crippen molar-refractivity contribution in [2.45, 2.75) is 44.2 Å². The molecule has 0 amide bonds. The quantitative estimate of drug-likeness (QED) is 0.683. The summed E-state index contributed by atoms with van der Waals surface area (Å²) in [7, 11) is -2.00. The van der Waals surface area contributed by atoms with E-state index in [0.29, 0.717) is 13.2 Å². The SMILES string of the molecule is CCCNCc1cccc(S(=O)(=O)NC(C)(C)COC)c1. The molecule has 1 rings (SSSR count). The molecule has 1 aromatic rings. The third-order valence-corrected chi connectivity index (χ3v) is 4.58. The van der Waals surface area contributed by atoms with E-state index < -0.39 is 15.6 Å². The normalized spacial score (nSPS) is 12.6. The van der Waals surface area contributed by atoms with Crippen molar-refractivity contribution in [3.05, 3.63) is 29.8 Å². The van der Waals surface area contributed by atoms with E-state index in [4.69, 9.17) is 4.74 Å². The van der Waals surface area contributed by atoms with Gasteiger partial charge in [-0.25, -0.2) is 13.1 Å². The summed E-state index contributed by atoms with van der Waals surface area (Å²) in [6.07, 6.45) is 1.05. The van der Waals surface area contributed by atoms with E-state index in [1.54, 1.807) is 39.2 Å². The van der Waals surface area contributed by atoms with Crippen LogP contribution in [0.2, 0.25) is 0 Å². The molecule has 0 aromatic heterocycles. The van der Waals surface area contributed by atoms with Crippen molar-refractivity contribution in [1.82, 2.24) is 10.0 Å². The number of ether oxygens (including phenoxy) is 1. The van der Waals surface area contributed by atoms with Crippen molar-refractivity contribution in [2.75, 3.05) is 20.3 Å². The average molecular weight is 314 g/mol. The van der Waals surface area contributed by atoms with Crippen LogP contribution in [-0.2, 0) is 21.3 Å². The van der Waals surface area contributed by atoms with Crippen molar-refractivity contribution in [1.29, 1.82) is 0 Å². The van der Waals surface area contributed by atoms with Gasteiger partial charge in [0.05, 0.1) is 17.0 Å². The Hall–Kier alpha value is -0.950. The number of hydrogen-bond donors (Lipinski definition) is 2. The van der Waals surface area contributed by atoms with Gasteiger partial charge in [0.2, 0.25) is 10.0 Å². The molecule has 0 saturated carbocycles. The molecule has 0 fully saturated rings. The molecule has 0 unspecified atom stereocenters. The van der Waals surface area contributed by atoms with Gasteiger partial charge in [-0.2, -0.15) is 0 Å². The monoisotopic (exact) mass is 314 g/mol. The average Bonchev–Trinajstić information content (AvgIpc) is 2.38. The van der Waals surface area contributed by atoms with Gasteiger partial charge in [-0.15, -0.1) is 0 Å². The maximum atomic E-state index is 12.4. The Balaban J connectivity index is 2.86. The van der Waals surface area contributed by atoms with E-state index in [1.807, 2.05) is 6.07 Å². The fourth-order valence-electron chi connectivity index (χ4n) is 2.05. The minimum atomic E-state index is -3.55. The molecule has 0 spiro atoms. The van der Waals surface area contributed by atoms with Crippen molar-refractivity contribution in [2.24, 2.45) is 0 Å². The molecular weight excluding hydrogens is 288 g/mol. The molecule has 0 atom stereocenters. The van der Waals surface area contributed by atoms with Crippen LogP contribution in [0.5, 0.6) is 0 Å². The molecule has 0 radical (unpaired) electrons. The van der Waals surface area contributed by atoms with Gasteiger partial charge in [0.15, 0.2) is 0 Å². The highest BCUT2D eigenvalue weighted by Gasteiger charge is 2.26. The molecule has 0 saturated heterocycles. The number of benzene rings is 1. The molecule has 0 heterocycles. The standard InChI is InChI=1S/C15H26N2O3S/c1-5-9-16-11-13-7-6-8-14(10-13)21(18,19)17-15(2,3)12-20-4/h6-8,10,16-17H,5,9,11-12H2,1-4H3. The zero-order chi connectivity index (χ0) is 15.9. The first-order chi connectivity index (χ1) is 9.80. The van der Waals surface area contributed by atoms with Crippen LogP contribution in [0.15, 0.2) is 29.2 Å². The van der Waals surface area contributed by atoms with Gasteiger partial charge in [-0.1, -0.05) is 19.1 Å². The lowest BCUT2D eigenvalue weighted by molar-refractivity contribution is 0.141. The Kier molecular flexibility index (Phi) is 6.80. The maximum Gasteiger partial charge on any atom is 0.241 e. The molecule has 1 aromatic carbocycles. The lowest BCUT2D eigenvalue weighted by atomic mass is 10.1. The molecule has 5 nitrogen and oxygen atoms in total. The summed E-state index contributed by atoms with van der Waals surface area (Å²) >= 11 is 0. The van der Waals surface area contributed by atoms with E-state index >= 15 is 0 Å². The Bertz CT molecular complexity index is 542. The predicted octanol–water partition coefficient (Wildman–Crippen LogP) is 1.89. The largest absolute Gasteiger partial charge is 0.383 e. The van der Waals surface area contributed by atoms with E-state index in [-0.39, 0.29) is 4.90 Å². The van der Waals surface area contributed by atoms with Gasteiger partial charge in [-0.05, 0) is 44.5 Å². The minimum Gasteiger partial charge on any atom is -0.383 e. The van der Waals surface area contributed by atoms with Crippen LogP contribution in [-0.4, -0.2) is 34.2 Å². The Morgan fingerprint density at radius 3 is 2.62 bits per heavy atom. The van der Waals surface area contributed by atoms with Gasteiger partial charge in [0.25, 0.3) is 0 Å². The van der Waals surface area contributed by atoms with Crippen LogP contribution in [0, 0.1) is 0 Å². The van der Waals surface area contributed by atoms with Gasteiger partial charge in [0.1, 0.15) is 0 Å². The fraction of sp³-hybridized carbons (Fsp3) is 0.600. The summed E-state index contributed by atoms with van der Waals surface area (Å²) in [6.45, 7) is 7.57. The van der Waals surface area contributed by atoms with Gasteiger partial charge in [0, 0.05) is 13.7 Å². The van der Waals surface area contributed by atoms with E-state index in [2.05, 4.69) is 17.0 Å². The molecule has 0 aliphatic carbocycles. The molecule has 0 aliphatic heterocycles. The highest BCUT2D eigenvalue weighted by molar-refractivity contribution is 7.89. The van der Waals surface area contributed by atoms with Gasteiger partial charge < -0.3 is 10.1 Å². The summed E-state index contributed by atoms with van der Waals surface area (Å²) in [5, 5.41) is 3.26.